The Morgan fingerprint density at radius 2 is 1.91 bits per heavy atom. The Hall–Kier alpha value is -1.83. The Labute approximate surface area is 139 Å². The van der Waals surface area contributed by atoms with Crippen LogP contribution in [-0.2, 0) is 11.3 Å². The number of ether oxygens (including phenoxy) is 2. The summed E-state index contributed by atoms with van der Waals surface area (Å²) >= 11 is 3.53. The van der Waals surface area contributed by atoms with Crippen molar-refractivity contribution in [3.63, 3.8) is 0 Å². The van der Waals surface area contributed by atoms with Gasteiger partial charge in [0.15, 0.2) is 0 Å². The van der Waals surface area contributed by atoms with Gasteiger partial charge in [0, 0.05) is 4.83 Å². The number of halogens is 1. The summed E-state index contributed by atoms with van der Waals surface area (Å²) in [6, 6.07) is 17.6. The molecule has 0 aliphatic carbocycles. The van der Waals surface area contributed by atoms with Crippen LogP contribution >= 0.6 is 15.9 Å². The zero-order chi connectivity index (χ0) is 15.8. The summed E-state index contributed by atoms with van der Waals surface area (Å²) < 4.78 is 11.2. The minimum Gasteiger partial charge on any atom is -0.491 e. The average molecular weight is 360 g/mol. The molecule has 0 bridgehead atoms. The predicted molar refractivity (Wildman–Crippen MR) is 90.1 cm³/mol. The van der Waals surface area contributed by atoms with E-state index in [1.807, 2.05) is 42.5 Å². The van der Waals surface area contributed by atoms with Crippen LogP contribution in [-0.4, -0.2) is 13.2 Å². The third-order valence-corrected chi connectivity index (χ3v) is 3.69. The predicted octanol–water partition coefficient (Wildman–Crippen LogP) is 4.61. The molecule has 0 saturated carbocycles. The van der Waals surface area contributed by atoms with Gasteiger partial charge in [-0.15, -0.1) is 0 Å². The summed E-state index contributed by atoms with van der Waals surface area (Å²) in [4.78, 5) is 0.342. The highest BCUT2D eigenvalue weighted by Gasteiger charge is 2.01. The zero-order valence-corrected chi connectivity index (χ0v) is 14.0. The molecule has 4 heteroatoms. The van der Waals surface area contributed by atoms with Gasteiger partial charge in [-0.1, -0.05) is 40.2 Å². The second-order valence-corrected chi connectivity index (χ2v) is 6.27. The molecule has 2 rings (SSSR count). The van der Waals surface area contributed by atoms with Crippen LogP contribution in [0, 0.1) is 11.3 Å². The summed E-state index contributed by atoms with van der Waals surface area (Å²) in [6.45, 7) is 3.58. The maximum Gasteiger partial charge on any atom is 0.119 e. The van der Waals surface area contributed by atoms with Crippen LogP contribution in [0.4, 0.5) is 0 Å². The lowest BCUT2D eigenvalue weighted by Crippen LogP contribution is -2.06. The van der Waals surface area contributed by atoms with Crippen LogP contribution in [0.5, 0.6) is 5.75 Å². The maximum atomic E-state index is 8.84. The highest BCUT2D eigenvalue weighted by molar-refractivity contribution is 9.09. The van der Waals surface area contributed by atoms with Crippen LogP contribution < -0.4 is 4.74 Å². The van der Waals surface area contributed by atoms with E-state index in [4.69, 9.17) is 14.7 Å². The van der Waals surface area contributed by atoms with E-state index in [0.29, 0.717) is 30.2 Å². The number of nitriles is 1. The second kappa shape index (κ2) is 8.57. The van der Waals surface area contributed by atoms with Crippen LogP contribution in [0.25, 0.3) is 0 Å². The van der Waals surface area contributed by atoms with E-state index >= 15 is 0 Å². The largest absolute Gasteiger partial charge is 0.491 e. The molecule has 1 unspecified atom stereocenters. The Morgan fingerprint density at radius 1 is 1.14 bits per heavy atom. The number of benzene rings is 2. The SMILES string of the molecule is CC(Br)c1ccc(OCCOCc2cccc(C#N)c2)cc1. The third-order valence-electron chi connectivity index (χ3n) is 3.16. The first kappa shape index (κ1) is 16.5. The van der Waals surface area contributed by atoms with Crippen molar-refractivity contribution >= 4 is 15.9 Å². The van der Waals surface area contributed by atoms with Gasteiger partial charge in [0.1, 0.15) is 12.4 Å². The van der Waals surface area contributed by atoms with Crippen molar-refractivity contribution in [3.8, 4) is 11.8 Å². The first-order chi connectivity index (χ1) is 10.7. The standard InChI is InChI=1S/C18H18BrNO2/c1-14(19)17-5-7-18(8-6-17)22-10-9-21-13-16-4-2-3-15(11-16)12-20/h2-8,11,14H,9-10,13H2,1H3. The summed E-state index contributed by atoms with van der Waals surface area (Å²) in [7, 11) is 0. The Kier molecular flexibility index (Phi) is 6.45. The molecule has 0 N–H and O–H groups in total. The molecule has 0 aliphatic rings. The minimum atomic E-state index is 0.342. The molecule has 0 radical (unpaired) electrons. The number of alkyl halides is 1. The zero-order valence-electron chi connectivity index (χ0n) is 12.5. The molecule has 22 heavy (non-hydrogen) atoms. The highest BCUT2D eigenvalue weighted by atomic mass is 79.9. The van der Waals surface area contributed by atoms with Crippen molar-refractivity contribution in [2.75, 3.05) is 13.2 Å². The van der Waals surface area contributed by atoms with Crippen LogP contribution in [0.3, 0.4) is 0 Å². The van der Waals surface area contributed by atoms with Crippen molar-refractivity contribution in [2.24, 2.45) is 0 Å². The number of hydrogen-bond acceptors (Lipinski definition) is 3. The average Bonchev–Trinajstić information content (AvgIpc) is 2.55. The van der Waals surface area contributed by atoms with Gasteiger partial charge in [0.25, 0.3) is 0 Å². The smallest absolute Gasteiger partial charge is 0.119 e. The molecule has 2 aromatic rings. The Bertz CT molecular complexity index is 632. The highest BCUT2D eigenvalue weighted by Crippen LogP contribution is 2.23. The molecule has 0 amide bonds. The lowest BCUT2D eigenvalue weighted by atomic mass is 10.1. The third kappa shape index (κ3) is 5.18. The molecular weight excluding hydrogens is 342 g/mol. The number of hydrogen-bond donors (Lipinski definition) is 0. The first-order valence-corrected chi connectivity index (χ1v) is 8.04. The van der Waals surface area contributed by atoms with E-state index < -0.39 is 0 Å². The van der Waals surface area contributed by atoms with Gasteiger partial charge in [-0.3, -0.25) is 0 Å². The maximum absolute atomic E-state index is 8.84. The fraction of sp³-hybridized carbons (Fsp3) is 0.278. The lowest BCUT2D eigenvalue weighted by molar-refractivity contribution is 0.0889. The van der Waals surface area contributed by atoms with E-state index in [9.17, 15) is 0 Å². The van der Waals surface area contributed by atoms with Gasteiger partial charge in [-0.25, -0.2) is 0 Å². The first-order valence-electron chi connectivity index (χ1n) is 7.12. The van der Waals surface area contributed by atoms with Crippen LogP contribution in [0.15, 0.2) is 48.5 Å². The van der Waals surface area contributed by atoms with E-state index in [-0.39, 0.29) is 0 Å². The van der Waals surface area contributed by atoms with E-state index in [2.05, 4.69) is 28.9 Å². The van der Waals surface area contributed by atoms with Gasteiger partial charge in [0.05, 0.1) is 24.8 Å². The van der Waals surface area contributed by atoms with Crippen LogP contribution in [0.1, 0.15) is 28.4 Å². The van der Waals surface area contributed by atoms with Gasteiger partial charge < -0.3 is 9.47 Å². The van der Waals surface area contributed by atoms with Gasteiger partial charge in [0.2, 0.25) is 0 Å². The quantitative estimate of drug-likeness (QED) is 0.535. The van der Waals surface area contributed by atoms with Crippen molar-refractivity contribution in [1.82, 2.24) is 0 Å². The molecule has 0 heterocycles. The molecular formula is C18H18BrNO2. The molecule has 0 spiro atoms. The Morgan fingerprint density at radius 3 is 2.59 bits per heavy atom. The number of rotatable bonds is 7. The number of nitrogens with zero attached hydrogens (tertiary/aromatic N) is 1. The van der Waals surface area contributed by atoms with Crippen molar-refractivity contribution in [2.45, 2.75) is 18.4 Å². The second-order valence-electron chi connectivity index (χ2n) is 4.90. The van der Waals surface area contributed by atoms with Crippen molar-refractivity contribution in [1.29, 1.82) is 5.26 Å². The molecule has 0 aliphatic heterocycles. The normalized spacial score (nSPS) is 11.7. The molecule has 3 nitrogen and oxygen atoms in total. The molecule has 0 fully saturated rings. The summed E-state index contributed by atoms with van der Waals surface area (Å²) in [5.41, 5.74) is 2.87. The summed E-state index contributed by atoms with van der Waals surface area (Å²) in [5.74, 6) is 0.840. The van der Waals surface area contributed by atoms with Crippen LogP contribution in [0.2, 0.25) is 0 Å². The Balaban J connectivity index is 1.70. The lowest BCUT2D eigenvalue weighted by Gasteiger charge is -2.09. The molecule has 114 valence electrons. The summed E-state index contributed by atoms with van der Waals surface area (Å²) in [5, 5.41) is 8.84. The summed E-state index contributed by atoms with van der Waals surface area (Å²) in [6.07, 6.45) is 0. The molecule has 0 aromatic heterocycles. The van der Waals surface area contributed by atoms with E-state index in [1.54, 1.807) is 6.07 Å². The van der Waals surface area contributed by atoms with Gasteiger partial charge >= 0.3 is 0 Å². The monoisotopic (exact) mass is 359 g/mol. The van der Waals surface area contributed by atoms with Crippen molar-refractivity contribution < 1.29 is 9.47 Å². The minimum absolute atomic E-state index is 0.342. The molecule has 1 atom stereocenters. The van der Waals surface area contributed by atoms with Gasteiger partial charge in [-0.05, 0) is 42.3 Å². The molecule has 0 saturated heterocycles. The molecule has 2 aromatic carbocycles. The fourth-order valence-corrected chi connectivity index (χ4v) is 2.27. The van der Waals surface area contributed by atoms with Crippen molar-refractivity contribution in [3.05, 3.63) is 65.2 Å². The topological polar surface area (TPSA) is 42.2 Å². The fourth-order valence-electron chi connectivity index (χ4n) is 1.97. The van der Waals surface area contributed by atoms with E-state index in [0.717, 1.165) is 11.3 Å². The van der Waals surface area contributed by atoms with E-state index in [1.165, 1.54) is 5.56 Å². The van der Waals surface area contributed by atoms with Gasteiger partial charge in [-0.2, -0.15) is 5.26 Å².